The van der Waals surface area contributed by atoms with Crippen LogP contribution in [0.1, 0.15) is 24.2 Å². The molecule has 0 amide bonds. The Balaban J connectivity index is 1.35. The highest BCUT2D eigenvalue weighted by Gasteiger charge is 2.11. The van der Waals surface area contributed by atoms with Crippen molar-refractivity contribution in [3.8, 4) is 28.4 Å². The summed E-state index contributed by atoms with van der Waals surface area (Å²) in [7, 11) is 0. The number of esters is 3. The number of carbonyl (C=O) groups excluding carboxylic acids is 3. The van der Waals surface area contributed by atoms with Crippen LogP contribution in [0, 0.1) is 0 Å². The van der Waals surface area contributed by atoms with Crippen LogP contribution in [0.25, 0.3) is 21.9 Å². The maximum Gasteiger partial charge on any atom is 0.343 e. The van der Waals surface area contributed by atoms with Gasteiger partial charge >= 0.3 is 17.9 Å². The Labute approximate surface area is 237 Å². The monoisotopic (exact) mass is 552 g/mol. The van der Waals surface area contributed by atoms with Gasteiger partial charge in [-0.05, 0) is 90.3 Å². The summed E-state index contributed by atoms with van der Waals surface area (Å²) >= 11 is 0. The predicted molar refractivity (Wildman–Crippen MR) is 154 cm³/mol. The fourth-order valence-electron chi connectivity index (χ4n) is 3.61. The third-order valence-electron chi connectivity index (χ3n) is 5.83. The highest BCUT2D eigenvalue weighted by atomic mass is 16.7. The summed E-state index contributed by atoms with van der Waals surface area (Å²) < 4.78 is 26.1. The summed E-state index contributed by atoms with van der Waals surface area (Å²) in [5.74, 6) is -0.174. The van der Waals surface area contributed by atoms with Crippen molar-refractivity contribution in [2.45, 2.75) is 13.8 Å². The second-order valence-corrected chi connectivity index (χ2v) is 9.11. The fraction of sp³-hybridized carbons (Fsp3) is 0.121. The van der Waals surface area contributed by atoms with Crippen LogP contribution >= 0.6 is 0 Å². The first-order valence-corrected chi connectivity index (χ1v) is 12.6. The van der Waals surface area contributed by atoms with E-state index in [0.717, 1.165) is 21.9 Å². The van der Waals surface area contributed by atoms with E-state index in [1.165, 1.54) is 0 Å². The molecule has 0 heterocycles. The number of benzene rings is 4. The van der Waals surface area contributed by atoms with Gasteiger partial charge in [0.2, 0.25) is 13.6 Å². The van der Waals surface area contributed by atoms with Crippen molar-refractivity contribution in [3.05, 3.63) is 115 Å². The van der Waals surface area contributed by atoms with Crippen LogP contribution in [0.2, 0.25) is 0 Å². The summed E-state index contributed by atoms with van der Waals surface area (Å²) in [5.41, 5.74) is 2.96. The van der Waals surface area contributed by atoms with E-state index in [-0.39, 0.29) is 19.2 Å². The molecule has 0 aliphatic carbocycles. The minimum Gasteiger partial charge on any atom is -0.457 e. The predicted octanol–water partition coefficient (Wildman–Crippen LogP) is 6.64. The number of ether oxygens (including phenoxy) is 5. The van der Waals surface area contributed by atoms with E-state index >= 15 is 0 Å². The maximum absolute atomic E-state index is 12.8. The van der Waals surface area contributed by atoms with Crippen LogP contribution < -0.4 is 14.2 Å². The van der Waals surface area contributed by atoms with Crippen molar-refractivity contribution >= 4 is 28.7 Å². The van der Waals surface area contributed by atoms with Crippen molar-refractivity contribution in [2.75, 3.05) is 13.6 Å². The van der Waals surface area contributed by atoms with Crippen LogP contribution in [0.3, 0.4) is 0 Å². The van der Waals surface area contributed by atoms with E-state index in [4.69, 9.17) is 23.7 Å². The number of rotatable bonds is 11. The molecular weight excluding hydrogens is 524 g/mol. The van der Waals surface area contributed by atoms with Crippen LogP contribution in [-0.4, -0.2) is 31.5 Å². The molecule has 208 valence electrons. The summed E-state index contributed by atoms with van der Waals surface area (Å²) in [5, 5.41) is 1.84. The molecule has 0 N–H and O–H groups in total. The Morgan fingerprint density at radius 1 is 0.585 bits per heavy atom. The number of fused-ring (bicyclic) bond motifs is 1. The van der Waals surface area contributed by atoms with Crippen molar-refractivity contribution in [3.63, 3.8) is 0 Å². The zero-order valence-electron chi connectivity index (χ0n) is 22.7. The van der Waals surface area contributed by atoms with Gasteiger partial charge < -0.3 is 23.7 Å². The molecule has 0 saturated heterocycles. The molecule has 0 aliphatic heterocycles. The van der Waals surface area contributed by atoms with E-state index in [1.54, 1.807) is 62.4 Å². The normalized spacial score (nSPS) is 10.4. The summed E-state index contributed by atoms with van der Waals surface area (Å²) in [6, 6.07) is 25.1. The summed E-state index contributed by atoms with van der Waals surface area (Å²) in [6.07, 6.45) is 0. The zero-order valence-corrected chi connectivity index (χ0v) is 22.7. The van der Waals surface area contributed by atoms with Crippen LogP contribution in [0.5, 0.6) is 17.2 Å². The van der Waals surface area contributed by atoms with Gasteiger partial charge in [0.15, 0.2) is 0 Å². The van der Waals surface area contributed by atoms with Crippen molar-refractivity contribution in [1.29, 1.82) is 0 Å². The second-order valence-electron chi connectivity index (χ2n) is 9.11. The Kier molecular flexibility index (Phi) is 9.16. The lowest BCUT2D eigenvalue weighted by molar-refractivity contribution is -0.146. The van der Waals surface area contributed by atoms with E-state index < -0.39 is 17.9 Å². The zero-order chi connectivity index (χ0) is 29.4. The maximum atomic E-state index is 12.8. The van der Waals surface area contributed by atoms with Crippen molar-refractivity contribution in [1.82, 2.24) is 0 Å². The van der Waals surface area contributed by atoms with E-state index in [1.807, 2.05) is 36.4 Å². The molecule has 0 fully saturated rings. The minimum atomic E-state index is -0.539. The highest BCUT2D eigenvalue weighted by molar-refractivity contribution is 5.97. The summed E-state index contributed by atoms with van der Waals surface area (Å²) in [6.45, 7) is 9.70. The van der Waals surface area contributed by atoms with E-state index in [9.17, 15) is 14.4 Å². The van der Waals surface area contributed by atoms with Crippen LogP contribution in [-0.2, 0) is 19.1 Å². The molecule has 0 saturated carbocycles. The second kappa shape index (κ2) is 13.1. The molecule has 0 aliphatic rings. The Bertz CT molecular complexity index is 1600. The Morgan fingerprint density at radius 2 is 1.05 bits per heavy atom. The molecule has 4 aromatic rings. The Morgan fingerprint density at radius 3 is 1.61 bits per heavy atom. The van der Waals surface area contributed by atoms with Crippen molar-refractivity contribution < 1.29 is 38.1 Å². The molecule has 4 rings (SSSR count). The van der Waals surface area contributed by atoms with E-state index in [2.05, 4.69) is 13.2 Å². The molecule has 0 aromatic heterocycles. The first kappa shape index (κ1) is 28.6. The molecule has 8 nitrogen and oxygen atoms in total. The molecule has 41 heavy (non-hydrogen) atoms. The highest BCUT2D eigenvalue weighted by Crippen LogP contribution is 2.27. The third kappa shape index (κ3) is 7.83. The fourth-order valence-corrected chi connectivity index (χ4v) is 3.61. The molecule has 0 spiro atoms. The first-order chi connectivity index (χ1) is 19.7. The topological polar surface area (TPSA) is 97.4 Å². The average molecular weight is 553 g/mol. The molecule has 0 radical (unpaired) electrons. The smallest absolute Gasteiger partial charge is 0.343 e. The third-order valence-corrected chi connectivity index (χ3v) is 5.83. The summed E-state index contributed by atoms with van der Waals surface area (Å²) in [4.78, 5) is 35.6. The van der Waals surface area contributed by atoms with Gasteiger partial charge in [0.1, 0.15) is 17.2 Å². The van der Waals surface area contributed by atoms with Gasteiger partial charge in [0.25, 0.3) is 0 Å². The van der Waals surface area contributed by atoms with Crippen LogP contribution in [0.4, 0.5) is 0 Å². The van der Waals surface area contributed by atoms with Gasteiger partial charge in [-0.25, -0.2) is 14.4 Å². The number of carbonyl (C=O) groups is 3. The van der Waals surface area contributed by atoms with Crippen LogP contribution in [0.15, 0.2) is 109 Å². The number of hydrogen-bond acceptors (Lipinski definition) is 8. The number of hydrogen-bond donors (Lipinski definition) is 0. The lowest BCUT2D eigenvalue weighted by Gasteiger charge is -2.10. The molecule has 0 bridgehead atoms. The van der Waals surface area contributed by atoms with Gasteiger partial charge in [0.05, 0.1) is 5.56 Å². The molecular formula is C33H28O8. The lowest BCUT2D eigenvalue weighted by Crippen LogP contribution is -2.11. The van der Waals surface area contributed by atoms with Gasteiger partial charge in [0, 0.05) is 11.1 Å². The molecule has 0 atom stereocenters. The molecule has 0 unspecified atom stereocenters. The van der Waals surface area contributed by atoms with Gasteiger partial charge in [-0.3, -0.25) is 0 Å². The Hall–Kier alpha value is -5.37. The van der Waals surface area contributed by atoms with Crippen molar-refractivity contribution in [2.24, 2.45) is 0 Å². The molecule has 4 aromatic carbocycles. The first-order valence-electron chi connectivity index (χ1n) is 12.6. The lowest BCUT2D eigenvalue weighted by atomic mass is 10.00. The largest absolute Gasteiger partial charge is 0.457 e. The van der Waals surface area contributed by atoms with Gasteiger partial charge in [-0.1, -0.05) is 43.5 Å². The average Bonchev–Trinajstić information content (AvgIpc) is 2.97. The van der Waals surface area contributed by atoms with E-state index in [0.29, 0.717) is 28.4 Å². The standard InChI is InChI=1S/C33H28O8/c1-21(2)31(34)39-19-37-28-11-9-23(10-12-28)24-5-6-26-18-27(8-7-25(26)17-24)33(36)41-30-15-13-29(14-16-30)38-20-40-32(35)22(3)4/h5-18H,1,3,19-20H2,2,4H3. The minimum absolute atomic E-state index is 0.194. The van der Waals surface area contributed by atoms with Gasteiger partial charge in [-0.2, -0.15) is 0 Å². The molecule has 8 heteroatoms. The van der Waals surface area contributed by atoms with Gasteiger partial charge in [-0.15, -0.1) is 0 Å². The SMILES string of the molecule is C=C(C)C(=O)OCOc1ccc(OC(=O)c2ccc3cc(-c4ccc(OCOC(=O)C(=C)C)cc4)ccc3c2)cc1. The quantitative estimate of drug-likeness (QED) is 0.0884.